The molecule has 0 spiro atoms. The lowest BCUT2D eigenvalue weighted by atomic mass is 10.1. The molecule has 1 atom stereocenters. The molecule has 2 amide bonds. The van der Waals surface area contributed by atoms with Crippen molar-refractivity contribution in [3.63, 3.8) is 0 Å². The Balaban J connectivity index is 1.70. The second-order valence-corrected chi connectivity index (χ2v) is 6.03. The molecule has 3 N–H and O–H groups in total. The number of hydroxylamine groups is 1. The molecule has 1 aliphatic rings. The number of carbonyl (C=O) groups excluding carboxylic acids is 2. The third-order valence-corrected chi connectivity index (χ3v) is 4.14. The fraction of sp³-hybridized carbons (Fsp3) is 0.444. The van der Waals surface area contributed by atoms with Gasteiger partial charge in [-0.05, 0) is 36.8 Å². The fourth-order valence-electron chi connectivity index (χ4n) is 2.82. The summed E-state index contributed by atoms with van der Waals surface area (Å²) in [7, 11) is 0. The van der Waals surface area contributed by atoms with E-state index in [0.29, 0.717) is 12.8 Å². The van der Waals surface area contributed by atoms with Crippen LogP contribution >= 0.6 is 0 Å². The van der Waals surface area contributed by atoms with E-state index in [1.54, 1.807) is 5.48 Å². The van der Waals surface area contributed by atoms with E-state index in [1.807, 2.05) is 31.2 Å². The van der Waals surface area contributed by atoms with Gasteiger partial charge in [0.15, 0.2) is 0 Å². The van der Waals surface area contributed by atoms with E-state index in [2.05, 4.69) is 17.4 Å². The van der Waals surface area contributed by atoms with E-state index >= 15 is 0 Å². The maximum atomic E-state index is 12.2. The first-order valence-corrected chi connectivity index (χ1v) is 8.07. The summed E-state index contributed by atoms with van der Waals surface area (Å²) < 4.78 is 0. The van der Waals surface area contributed by atoms with Crippen LogP contribution in [0.2, 0.25) is 0 Å². The van der Waals surface area contributed by atoms with E-state index in [4.69, 9.17) is 5.21 Å². The predicted octanol–water partition coefficient (Wildman–Crippen LogP) is 2.14. The number of nitrogens with one attached hydrogen (secondary N) is 2. The maximum Gasteiger partial charge on any atom is 0.243 e. The molecule has 0 aliphatic heterocycles. The summed E-state index contributed by atoms with van der Waals surface area (Å²) in [5, 5.41) is 11.5. The smallest absolute Gasteiger partial charge is 0.243 e. The number of hydrogen-bond acceptors (Lipinski definition) is 3. The summed E-state index contributed by atoms with van der Waals surface area (Å²) in [5.74, 6) is -0.539. The number of amides is 2. The predicted molar refractivity (Wildman–Crippen MR) is 87.9 cm³/mol. The molecule has 0 saturated heterocycles. The van der Waals surface area contributed by atoms with E-state index < -0.39 is 0 Å². The van der Waals surface area contributed by atoms with Gasteiger partial charge in [-0.15, -0.1) is 0 Å². The number of unbranched alkanes of at least 4 members (excludes halogenated alkanes) is 1. The Kier molecular flexibility index (Phi) is 6.35. The molecular formula is C18H24N2O3. The molecular weight excluding hydrogens is 292 g/mol. The second-order valence-electron chi connectivity index (χ2n) is 6.03. The van der Waals surface area contributed by atoms with Crippen LogP contribution in [0.25, 0.3) is 0 Å². The van der Waals surface area contributed by atoms with Gasteiger partial charge in [0.25, 0.3) is 0 Å². The lowest BCUT2D eigenvalue weighted by molar-refractivity contribution is -0.129. The lowest BCUT2D eigenvalue weighted by Gasteiger charge is -2.14. The first-order chi connectivity index (χ1) is 11.1. The standard InChI is InChI=1S/C18H24N2O3/c1-13(7-3-2-4-10-17(21)20-23)18(22)19-16-11-14-8-5-6-9-15(14)12-16/h3,5-9,13,16,23H,2,4,10-12H2,1H3,(H,19,22)(H,20,21)/b7-3+. The zero-order valence-electron chi connectivity index (χ0n) is 13.4. The summed E-state index contributed by atoms with van der Waals surface area (Å²) in [6, 6.07) is 8.49. The van der Waals surface area contributed by atoms with Gasteiger partial charge in [-0.1, -0.05) is 43.3 Å². The third-order valence-electron chi connectivity index (χ3n) is 4.14. The lowest BCUT2D eigenvalue weighted by Crippen LogP contribution is -2.38. The van der Waals surface area contributed by atoms with Crippen LogP contribution in [-0.2, 0) is 22.4 Å². The Bertz CT molecular complexity index is 558. The first kappa shape index (κ1) is 17.2. The molecule has 2 rings (SSSR count). The Hall–Kier alpha value is -2.14. The second kappa shape index (κ2) is 8.48. The van der Waals surface area contributed by atoms with Gasteiger partial charge in [-0.25, -0.2) is 5.48 Å². The number of hydrogen-bond donors (Lipinski definition) is 3. The van der Waals surface area contributed by atoms with Crippen molar-refractivity contribution in [3.05, 3.63) is 47.5 Å². The van der Waals surface area contributed by atoms with Crippen LogP contribution in [0.1, 0.15) is 37.3 Å². The monoisotopic (exact) mass is 316 g/mol. The van der Waals surface area contributed by atoms with Gasteiger partial charge in [0, 0.05) is 12.5 Å². The highest BCUT2D eigenvalue weighted by Crippen LogP contribution is 2.21. The quantitative estimate of drug-likeness (QED) is 0.312. The fourth-order valence-corrected chi connectivity index (χ4v) is 2.82. The molecule has 5 heteroatoms. The van der Waals surface area contributed by atoms with E-state index in [1.165, 1.54) is 11.1 Å². The molecule has 0 radical (unpaired) electrons. The molecule has 1 unspecified atom stereocenters. The molecule has 1 aromatic rings. The van der Waals surface area contributed by atoms with Gasteiger partial charge >= 0.3 is 0 Å². The maximum absolute atomic E-state index is 12.2. The van der Waals surface area contributed by atoms with Crippen molar-refractivity contribution in [2.45, 2.75) is 45.1 Å². The van der Waals surface area contributed by atoms with Crippen molar-refractivity contribution in [2.75, 3.05) is 0 Å². The number of carbonyl (C=O) groups is 2. The van der Waals surface area contributed by atoms with Gasteiger partial charge < -0.3 is 5.32 Å². The van der Waals surface area contributed by atoms with Crippen LogP contribution in [-0.4, -0.2) is 23.1 Å². The zero-order chi connectivity index (χ0) is 16.7. The van der Waals surface area contributed by atoms with Crippen LogP contribution in [0.3, 0.4) is 0 Å². The van der Waals surface area contributed by atoms with Gasteiger partial charge in [-0.3, -0.25) is 14.8 Å². The molecule has 0 bridgehead atoms. The molecule has 1 aliphatic carbocycles. The summed E-state index contributed by atoms with van der Waals surface area (Å²) in [6.07, 6.45) is 7.21. The molecule has 124 valence electrons. The van der Waals surface area contributed by atoms with Crippen molar-refractivity contribution in [1.29, 1.82) is 0 Å². The third kappa shape index (κ3) is 5.21. The minimum Gasteiger partial charge on any atom is -0.352 e. The Morgan fingerprint density at radius 3 is 2.57 bits per heavy atom. The average Bonchev–Trinajstić information content (AvgIpc) is 2.96. The summed E-state index contributed by atoms with van der Waals surface area (Å²) in [4.78, 5) is 23.1. The summed E-state index contributed by atoms with van der Waals surface area (Å²) in [5.41, 5.74) is 4.25. The van der Waals surface area contributed by atoms with Crippen LogP contribution in [0, 0.1) is 5.92 Å². The Labute approximate surface area is 136 Å². The largest absolute Gasteiger partial charge is 0.352 e. The Morgan fingerprint density at radius 2 is 1.96 bits per heavy atom. The van der Waals surface area contributed by atoms with Crippen molar-refractivity contribution < 1.29 is 14.8 Å². The SMILES string of the molecule is CC(/C=C/CCCC(=O)NO)C(=O)NC1Cc2ccccc2C1. The molecule has 1 aromatic carbocycles. The highest BCUT2D eigenvalue weighted by Gasteiger charge is 2.23. The molecule has 0 aromatic heterocycles. The minimum absolute atomic E-state index is 0.0344. The normalized spacial score (nSPS) is 15.4. The average molecular weight is 316 g/mol. The van der Waals surface area contributed by atoms with E-state index in [0.717, 1.165) is 12.8 Å². The van der Waals surface area contributed by atoms with Gasteiger partial charge in [0.2, 0.25) is 11.8 Å². The van der Waals surface area contributed by atoms with Crippen LogP contribution in [0.15, 0.2) is 36.4 Å². The Morgan fingerprint density at radius 1 is 1.30 bits per heavy atom. The number of allylic oxidation sites excluding steroid dienone is 1. The van der Waals surface area contributed by atoms with E-state index in [-0.39, 0.29) is 30.2 Å². The van der Waals surface area contributed by atoms with Crippen LogP contribution in [0.5, 0.6) is 0 Å². The highest BCUT2D eigenvalue weighted by atomic mass is 16.5. The molecule has 0 heterocycles. The van der Waals surface area contributed by atoms with Crippen molar-refractivity contribution in [3.8, 4) is 0 Å². The first-order valence-electron chi connectivity index (χ1n) is 8.07. The van der Waals surface area contributed by atoms with Crippen molar-refractivity contribution in [1.82, 2.24) is 10.8 Å². The van der Waals surface area contributed by atoms with Gasteiger partial charge in [0.1, 0.15) is 0 Å². The van der Waals surface area contributed by atoms with Gasteiger partial charge in [0.05, 0.1) is 5.92 Å². The molecule has 23 heavy (non-hydrogen) atoms. The molecule has 0 fully saturated rings. The summed E-state index contributed by atoms with van der Waals surface area (Å²) in [6.45, 7) is 1.87. The molecule has 5 nitrogen and oxygen atoms in total. The number of benzene rings is 1. The number of fused-ring (bicyclic) bond motifs is 1. The van der Waals surface area contributed by atoms with Gasteiger partial charge in [-0.2, -0.15) is 0 Å². The van der Waals surface area contributed by atoms with E-state index in [9.17, 15) is 9.59 Å². The van der Waals surface area contributed by atoms with Crippen molar-refractivity contribution in [2.24, 2.45) is 5.92 Å². The van der Waals surface area contributed by atoms with Crippen LogP contribution in [0.4, 0.5) is 0 Å². The summed E-state index contributed by atoms with van der Waals surface area (Å²) >= 11 is 0. The van der Waals surface area contributed by atoms with Crippen LogP contribution < -0.4 is 10.8 Å². The number of rotatable bonds is 7. The zero-order valence-corrected chi connectivity index (χ0v) is 13.4. The van der Waals surface area contributed by atoms with Crippen molar-refractivity contribution >= 4 is 11.8 Å². The molecule has 0 saturated carbocycles. The highest BCUT2D eigenvalue weighted by molar-refractivity contribution is 5.80. The minimum atomic E-state index is -0.384. The topological polar surface area (TPSA) is 78.4 Å².